The van der Waals surface area contributed by atoms with Crippen molar-refractivity contribution in [1.82, 2.24) is 0 Å². The molecule has 2 rings (SSSR count). The van der Waals surface area contributed by atoms with E-state index in [0.29, 0.717) is 0 Å². The lowest BCUT2D eigenvalue weighted by molar-refractivity contribution is 0.630. The van der Waals surface area contributed by atoms with E-state index < -0.39 is 0 Å². The summed E-state index contributed by atoms with van der Waals surface area (Å²) in [6, 6.07) is 11.0. The van der Waals surface area contributed by atoms with Gasteiger partial charge in [0.2, 0.25) is 0 Å². The Labute approximate surface area is 77.0 Å². The van der Waals surface area contributed by atoms with Crippen LogP contribution in [0, 0.1) is 5.82 Å². The first-order valence-corrected chi connectivity index (χ1v) is 4.48. The normalized spacial score (nSPS) is 10.6. The molecule has 0 amide bonds. The lowest BCUT2D eigenvalue weighted by Crippen LogP contribution is -1.81. The standard InChI is InChI=1S/C12H11F/c1-2-9-3-4-10-5-6-12(13)8-11(10)7-9/h3-8H,2H2,1H3. The van der Waals surface area contributed by atoms with Crippen molar-refractivity contribution < 1.29 is 4.39 Å². The van der Waals surface area contributed by atoms with Gasteiger partial charge in [-0.05, 0) is 34.9 Å². The van der Waals surface area contributed by atoms with Crippen molar-refractivity contribution in [3.63, 3.8) is 0 Å². The summed E-state index contributed by atoms with van der Waals surface area (Å²) in [7, 11) is 0. The van der Waals surface area contributed by atoms with Crippen LogP contribution in [-0.4, -0.2) is 0 Å². The second kappa shape index (κ2) is 3.17. The van der Waals surface area contributed by atoms with E-state index in [-0.39, 0.29) is 5.82 Å². The fourth-order valence-corrected chi connectivity index (χ4v) is 1.49. The molecule has 0 unspecified atom stereocenters. The molecule has 2 aromatic carbocycles. The quantitative estimate of drug-likeness (QED) is 0.620. The Bertz CT molecular complexity index is 432. The molecule has 0 saturated heterocycles. The van der Waals surface area contributed by atoms with Gasteiger partial charge in [0.05, 0.1) is 0 Å². The Kier molecular flexibility index (Phi) is 2.01. The van der Waals surface area contributed by atoms with E-state index >= 15 is 0 Å². The van der Waals surface area contributed by atoms with Crippen LogP contribution in [0.15, 0.2) is 36.4 Å². The van der Waals surface area contributed by atoms with Crippen molar-refractivity contribution in [2.24, 2.45) is 0 Å². The van der Waals surface area contributed by atoms with Gasteiger partial charge in [0.25, 0.3) is 0 Å². The molecule has 0 aliphatic carbocycles. The summed E-state index contributed by atoms with van der Waals surface area (Å²) in [5.74, 6) is -0.166. The van der Waals surface area contributed by atoms with E-state index in [0.717, 1.165) is 17.2 Å². The fourth-order valence-electron chi connectivity index (χ4n) is 1.49. The minimum absolute atomic E-state index is 0.166. The molecule has 1 heteroatoms. The fraction of sp³-hybridized carbons (Fsp3) is 0.167. The van der Waals surface area contributed by atoms with Crippen LogP contribution in [0.1, 0.15) is 12.5 Å². The van der Waals surface area contributed by atoms with Gasteiger partial charge < -0.3 is 0 Å². The Hall–Kier alpha value is -1.37. The molecule has 0 bridgehead atoms. The SMILES string of the molecule is CCc1ccc2ccc(F)cc2c1. The van der Waals surface area contributed by atoms with Gasteiger partial charge >= 0.3 is 0 Å². The maximum Gasteiger partial charge on any atom is 0.123 e. The number of rotatable bonds is 1. The third-order valence-electron chi connectivity index (χ3n) is 2.27. The van der Waals surface area contributed by atoms with Gasteiger partial charge in [0.1, 0.15) is 5.82 Å². The summed E-state index contributed by atoms with van der Waals surface area (Å²) in [4.78, 5) is 0. The smallest absolute Gasteiger partial charge is 0.123 e. The molecular formula is C12H11F. The number of fused-ring (bicyclic) bond motifs is 1. The Balaban J connectivity index is 2.68. The van der Waals surface area contributed by atoms with Crippen LogP contribution in [0.25, 0.3) is 10.8 Å². The Morgan fingerprint density at radius 3 is 2.54 bits per heavy atom. The van der Waals surface area contributed by atoms with E-state index in [4.69, 9.17) is 0 Å². The molecule has 0 aromatic heterocycles. The average molecular weight is 174 g/mol. The largest absolute Gasteiger partial charge is 0.207 e. The van der Waals surface area contributed by atoms with Crippen molar-refractivity contribution in [3.8, 4) is 0 Å². The Morgan fingerprint density at radius 1 is 1.00 bits per heavy atom. The number of benzene rings is 2. The molecule has 0 aliphatic heterocycles. The lowest BCUT2D eigenvalue weighted by Gasteiger charge is -2.00. The topological polar surface area (TPSA) is 0 Å². The molecule has 0 fully saturated rings. The zero-order valence-corrected chi connectivity index (χ0v) is 7.55. The highest BCUT2D eigenvalue weighted by atomic mass is 19.1. The first kappa shape index (κ1) is 8.24. The predicted molar refractivity (Wildman–Crippen MR) is 53.3 cm³/mol. The highest BCUT2D eigenvalue weighted by Crippen LogP contribution is 2.17. The van der Waals surface area contributed by atoms with Gasteiger partial charge in [-0.25, -0.2) is 4.39 Å². The van der Waals surface area contributed by atoms with Gasteiger partial charge in [0, 0.05) is 0 Å². The van der Waals surface area contributed by atoms with Crippen LogP contribution in [0.2, 0.25) is 0 Å². The maximum atomic E-state index is 12.9. The van der Waals surface area contributed by atoms with Crippen LogP contribution < -0.4 is 0 Å². The van der Waals surface area contributed by atoms with Crippen LogP contribution in [0.4, 0.5) is 4.39 Å². The maximum absolute atomic E-state index is 12.9. The van der Waals surface area contributed by atoms with Gasteiger partial charge in [-0.1, -0.05) is 31.2 Å². The molecule has 0 saturated carbocycles. The van der Waals surface area contributed by atoms with E-state index in [1.807, 2.05) is 18.2 Å². The molecule has 0 nitrogen and oxygen atoms in total. The molecule has 0 N–H and O–H groups in total. The minimum Gasteiger partial charge on any atom is -0.207 e. The first-order valence-electron chi connectivity index (χ1n) is 4.48. The minimum atomic E-state index is -0.166. The summed E-state index contributed by atoms with van der Waals surface area (Å²) in [5, 5.41) is 2.08. The zero-order chi connectivity index (χ0) is 9.26. The summed E-state index contributed by atoms with van der Waals surface area (Å²) in [6.45, 7) is 2.10. The summed E-state index contributed by atoms with van der Waals surface area (Å²) in [6.07, 6.45) is 0.993. The molecule has 13 heavy (non-hydrogen) atoms. The molecule has 2 aromatic rings. The highest BCUT2D eigenvalue weighted by Gasteiger charge is 1.96. The van der Waals surface area contributed by atoms with Gasteiger partial charge in [-0.3, -0.25) is 0 Å². The predicted octanol–water partition coefficient (Wildman–Crippen LogP) is 3.54. The van der Waals surface area contributed by atoms with Crippen LogP contribution in [0.5, 0.6) is 0 Å². The molecule has 0 spiro atoms. The van der Waals surface area contributed by atoms with E-state index in [2.05, 4.69) is 13.0 Å². The van der Waals surface area contributed by atoms with E-state index in [9.17, 15) is 4.39 Å². The van der Waals surface area contributed by atoms with Gasteiger partial charge in [-0.15, -0.1) is 0 Å². The number of halogens is 1. The third kappa shape index (κ3) is 1.55. The molecule has 0 aliphatic rings. The summed E-state index contributed by atoms with van der Waals surface area (Å²) < 4.78 is 12.9. The van der Waals surface area contributed by atoms with Crippen molar-refractivity contribution in [1.29, 1.82) is 0 Å². The summed E-state index contributed by atoms with van der Waals surface area (Å²) in [5.41, 5.74) is 1.25. The van der Waals surface area contributed by atoms with Crippen molar-refractivity contribution in [2.75, 3.05) is 0 Å². The zero-order valence-electron chi connectivity index (χ0n) is 7.55. The molecular weight excluding hydrogens is 163 g/mol. The van der Waals surface area contributed by atoms with Gasteiger partial charge in [0.15, 0.2) is 0 Å². The van der Waals surface area contributed by atoms with Crippen LogP contribution in [0.3, 0.4) is 0 Å². The lowest BCUT2D eigenvalue weighted by atomic mass is 10.1. The third-order valence-corrected chi connectivity index (χ3v) is 2.27. The second-order valence-electron chi connectivity index (χ2n) is 3.18. The van der Waals surface area contributed by atoms with Crippen LogP contribution in [-0.2, 0) is 6.42 Å². The van der Waals surface area contributed by atoms with Gasteiger partial charge in [-0.2, -0.15) is 0 Å². The number of hydrogen-bond donors (Lipinski definition) is 0. The number of aryl methyl sites for hydroxylation is 1. The van der Waals surface area contributed by atoms with Crippen LogP contribution >= 0.6 is 0 Å². The Morgan fingerprint density at radius 2 is 1.77 bits per heavy atom. The molecule has 0 heterocycles. The molecule has 0 radical (unpaired) electrons. The van der Waals surface area contributed by atoms with Crippen molar-refractivity contribution in [2.45, 2.75) is 13.3 Å². The second-order valence-corrected chi connectivity index (χ2v) is 3.18. The first-order chi connectivity index (χ1) is 6.29. The van der Waals surface area contributed by atoms with Crippen molar-refractivity contribution >= 4 is 10.8 Å². The summed E-state index contributed by atoms with van der Waals surface area (Å²) >= 11 is 0. The molecule has 66 valence electrons. The van der Waals surface area contributed by atoms with E-state index in [1.54, 1.807) is 6.07 Å². The number of hydrogen-bond acceptors (Lipinski definition) is 0. The van der Waals surface area contributed by atoms with E-state index in [1.165, 1.54) is 11.6 Å². The van der Waals surface area contributed by atoms with Crippen molar-refractivity contribution in [3.05, 3.63) is 47.8 Å². The average Bonchev–Trinajstić information content (AvgIpc) is 2.16. The monoisotopic (exact) mass is 174 g/mol. The molecule has 0 atom stereocenters. The highest BCUT2D eigenvalue weighted by molar-refractivity contribution is 5.83.